The van der Waals surface area contributed by atoms with E-state index < -0.39 is 0 Å². The van der Waals surface area contributed by atoms with Crippen LogP contribution in [0.4, 0.5) is 0 Å². The van der Waals surface area contributed by atoms with Crippen molar-refractivity contribution in [3.63, 3.8) is 0 Å². The van der Waals surface area contributed by atoms with Gasteiger partial charge in [0.2, 0.25) is 0 Å². The van der Waals surface area contributed by atoms with Gasteiger partial charge in [0.05, 0.1) is 0 Å². The van der Waals surface area contributed by atoms with Crippen LogP contribution in [0, 0.1) is 0 Å². The van der Waals surface area contributed by atoms with Crippen molar-refractivity contribution in [2.24, 2.45) is 0 Å². The molecule has 2 rings (SSSR count). The molecule has 0 fully saturated rings. The monoisotopic (exact) mass is 190 g/mol. The summed E-state index contributed by atoms with van der Waals surface area (Å²) in [6.07, 6.45) is 1.20. The van der Waals surface area contributed by atoms with Crippen LogP contribution in [0.5, 0.6) is 0 Å². The number of nitrogens with one attached hydrogen (secondary N) is 1. The molecule has 1 aliphatic heterocycles. The van der Waals surface area contributed by atoms with E-state index in [1.165, 1.54) is 24.1 Å². The van der Waals surface area contributed by atoms with E-state index in [-0.39, 0.29) is 0 Å². The summed E-state index contributed by atoms with van der Waals surface area (Å²) in [7, 11) is 4.24. The molecule has 1 heterocycles. The second kappa shape index (κ2) is 4.11. The first-order valence-electron chi connectivity index (χ1n) is 5.25. The first-order chi connectivity index (χ1) is 6.81. The van der Waals surface area contributed by atoms with E-state index in [1.807, 2.05) is 7.05 Å². The zero-order chi connectivity index (χ0) is 9.97. The Kier molecular flexibility index (Phi) is 2.85. The predicted octanol–water partition coefficient (Wildman–Crippen LogP) is 1.78. The molecular formula is C12H18N2. The summed E-state index contributed by atoms with van der Waals surface area (Å²) in [5, 5.41) is 3.39. The van der Waals surface area contributed by atoms with Crippen LogP contribution >= 0.6 is 0 Å². The van der Waals surface area contributed by atoms with Gasteiger partial charge in [0.25, 0.3) is 0 Å². The third-order valence-electron chi connectivity index (χ3n) is 3.02. The van der Waals surface area contributed by atoms with Gasteiger partial charge in [0.15, 0.2) is 0 Å². The Morgan fingerprint density at radius 2 is 2.14 bits per heavy atom. The molecule has 0 amide bonds. The van der Waals surface area contributed by atoms with Gasteiger partial charge in [0, 0.05) is 12.6 Å². The van der Waals surface area contributed by atoms with Crippen LogP contribution in [0.3, 0.4) is 0 Å². The molecule has 1 N–H and O–H groups in total. The average molecular weight is 190 g/mol. The van der Waals surface area contributed by atoms with Crippen LogP contribution in [0.1, 0.15) is 23.6 Å². The molecule has 0 radical (unpaired) electrons. The van der Waals surface area contributed by atoms with E-state index in [9.17, 15) is 0 Å². The lowest BCUT2D eigenvalue weighted by Crippen LogP contribution is -2.20. The Balaban J connectivity index is 2.36. The summed E-state index contributed by atoms with van der Waals surface area (Å²) in [5.41, 5.74) is 2.94. The molecule has 2 heteroatoms. The highest BCUT2D eigenvalue weighted by Crippen LogP contribution is 2.25. The van der Waals surface area contributed by atoms with Gasteiger partial charge in [-0.25, -0.2) is 0 Å². The quantitative estimate of drug-likeness (QED) is 0.726. The molecule has 0 saturated heterocycles. The van der Waals surface area contributed by atoms with Crippen molar-refractivity contribution in [1.82, 2.24) is 10.2 Å². The third-order valence-corrected chi connectivity index (χ3v) is 3.02. The van der Waals surface area contributed by atoms with Crippen molar-refractivity contribution in [3.8, 4) is 0 Å². The van der Waals surface area contributed by atoms with Crippen LogP contribution in [0.25, 0.3) is 0 Å². The van der Waals surface area contributed by atoms with E-state index in [1.54, 1.807) is 0 Å². The standard InChI is InChI=1S/C12H18N2/c1-13-12-7-8-14(2)9-10-5-3-4-6-11(10)12/h3-6,12-13H,7-9H2,1-2H3. The molecule has 1 unspecified atom stereocenters. The third kappa shape index (κ3) is 1.81. The lowest BCUT2D eigenvalue weighted by atomic mass is 10.00. The smallest absolute Gasteiger partial charge is 0.0332 e. The lowest BCUT2D eigenvalue weighted by molar-refractivity contribution is 0.320. The highest BCUT2D eigenvalue weighted by Gasteiger charge is 2.18. The van der Waals surface area contributed by atoms with Crippen molar-refractivity contribution >= 4 is 0 Å². The normalized spacial score (nSPS) is 22.9. The van der Waals surface area contributed by atoms with Crippen molar-refractivity contribution in [2.45, 2.75) is 19.0 Å². The Labute approximate surface area is 85.9 Å². The molecule has 0 aliphatic carbocycles. The summed E-state index contributed by atoms with van der Waals surface area (Å²) in [6, 6.07) is 9.27. The first-order valence-corrected chi connectivity index (χ1v) is 5.25. The molecule has 0 aromatic heterocycles. The van der Waals surface area contributed by atoms with Gasteiger partial charge >= 0.3 is 0 Å². The number of benzene rings is 1. The Hall–Kier alpha value is -0.860. The molecule has 1 aliphatic rings. The SMILES string of the molecule is CNC1CCN(C)Cc2ccccc21. The summed E-state index contributed by atoms with van der Waals surface area (Å²) in [6.45, 7) is 2.24. The average Bonchev–Trinajstić information content (AvgIpc) is 2.36. The van der Waals surface area contributed by atoms with Crippen LogP contribution < -0.4 is 5.32 Å². The van der Waals surface area contributed by atoms with Gasteiger partial charge in [-0.2, -0.15) is 0 Å². The fourth-order valence-corrected chi connectivity index (χ4v) is 2.19. The summed E-state index contributed by atoms with van der Waals surface area (Å²) >= 11 is 0. The zero-order valence-electron chi connectivity index (χ0n) is 8.96. The van der Waals surface area contributed by atoms with Crippen molar-refractivity contribution in [3.05, 3.63) is 35.4 Å². The molecule has 14 heavy (non-hydrogen) atoms. The van der Waals surface area contributed by atoms with E-state index in [0.717, 1.165) is 6.54 Å². The van der Waals surface area contributed by atoms with Crippen LogP contribution in [0.2, 0.25) is 0 Å². The summed E-state index contributed by atoms with van der Waals surface area (Å²) < 4.78 is 0. The maximum Gasteiger partial charge on any atom is 0.0332 e. The van der Waals surface area contributed by atoms with Crippen LogP contribution in [-0.2, 0) is 6.54 Å². The van der Waals surface area contributed by atoms with Gasteiger partial charge in [-0.1, -0.05) is 24.3 Å². The van der Waals surface area contributed by atoms with Gasteiger partial charge in [-0.3, -0.25) is 0 Å². The molecule has 76 valence electrons. The zero-order valence-corrected chi connectivity index (χ0v) is 8.96. The van der Waals surface area contributed by atoms with E-state index >= 15 is 0 Å². The maximum absolute atomic E-state index is 3.39. The van der Waals surface area contributed by atoms with Gasteiger partial charge in [0.1, 0.15) is 0 Å². The minimum absolute atomic E-state index is 0.524. The Morgan fingerprint density at radius 3 is 2.93 bits per heavy atom. The number of rotatable bonds is 1. The number of fused-ring (bicyclic) bond motifs is 1. The van der Waals surface area contributed by atoms with Crippen molar-refractivity contribution in [1.29, 1.82) is 0 Å². The van der Waals surface area contributed by atoms with E-state index in [2.05, 4.69) is 41.5 Å². The predicted molar refractivity (Wildman–Crippen MR) is 59.2 cm³/mol. The highest BCUT2D eigenvalue weighted by atomic mass is 15.1. The van der Waals surface area contributed by atoms with E-state index in [0.29, 0.717) is 6.04 Å². The highest BCUT2D eigenvalue weighted by molar-refractivity contribution is 5.30. The minimum atomic E-state index is 0.524. The fourth-order valence-electron chi connectivity index (χ4n) is 2.19. The fraction of sp³-hybridized carbons (Fsp3) is 0.500. The first kappa shape index (κ1) is 9.69. The molecule has 1 atom stereocenters. The summed E-state index contributed by atoms with van der Waals surface area (Å²) in [5.74, 6) is 0. The molecule has 1 aromatic carbocycles. The van der Waals surface area contributed by atoms with Crippen LogP contribution in [-0.4, -0.2) is 25.5 Å². The van der Waals surface area contributed by atoms with Crippen molar-refractivity contribution < 1.29 is 0 Å². The summed E-state index contributed by atoms with van der Waals surface area (Å²) in [4.78, 5) is 2.39. The second-order valence-electron chi connectivity index (χ2n) is 4.07. The molecular weight excluding hydrogens is 172 g/mol. The minimum Gasteiger partial charge on any atom is -0.313 e. The molecule has 2 nitrogen and oxygen atoms in total. The Morgan fingerprint density at radius 1 is 1.36 bits per heavy atom. The van der Waals surface area contributed by atoms with Gasteiger partial charge in [-0.05, 0) is 38.2 Å². The molecule has 0 spiro atoms. The lowest BCUT2D eigenvalue weighted by Gasteiger charge is -2.15. The van der Waals surface area contributed by atoms with Gasteiger partial charge < -0.3 is 10.2 Å². The number of nitrogens with zero attached hydrogens (tertiary/aromatic N) is 1. The van der Waals surface area contributed by atoms with E-state index in [4.69, 9.17) is 0 Å². The van der Waals surface area contributed by atoms with Crippen LogP contribution in [0.15, 0.2) is 24.3 Å². The number of hydrogen-bond donors (Lipinski definition) is 1. The molecule has 0 bridgehead atoms. The van der Waals surface area contributed by atoms with Gasteiger partial charge in [-0.15, -0.1) is 0 Å². The maximum atomic E-state index is 3.39. The Bertz CT molecular complexity index is 309. The largest absolute Gasteiger partial charge is 0.313 e. The topological polar surface area (TPSA) is 15.3 Å². The second-order valence-corrected chi connectivity index (χ2v) is 4.07. The molecule has 0 saturated carbocycles. The number of hydrogen-bond acceptors (Lipinski definition) is 2. The molecule has 1 aromatic rings. The van der Waals surface area contributed by atoms with Crippen molar-refractivity contribution in [2.75, 3.05) is 20.6 Å².